The maximum Gasteiger partial charge on any atom is 0.222 e. The van der Waals surface area contributed by atoms with Gasteiger partial charge >= 0.3 is 0 Å². The van der Waals surface area contributed by atoms with Gasteiger partial charge in [-0.15, -0.1) is 0 Å². The number of piperidine rings is 1. The highest BCUT2D eigenvalue weighted by Crippen LogP contribution is 2.33. The van der Waals surface area contributed by atoms with E-state index in [2.05, 4.69) is 49.0 Å². The highest BCUT2D eigenvalue weighted by Gasteiger charge is 2.23. The Balaban J connectivity index is 1.70. The van der Waals surface area contributed by atoms with Crippen LogP contribution in [0.4, 0.5) is 5.69 Å². The fourth-order valence-corrected chi connectivity index (χ4v) is 3.83. The molecule has 1 aliphatic rings. The lowest BCUT2D eigenvalue weighted by Gasteiger charge is -2.32. The van der Waals surface area contributed by atoms with Crippen LogP contribution < -0.4 is 4.74 Å². The van der Waals surface area contributed by atoms with Gasteiger partial charge in [-0.2, -0.15) is 0 Å². The summed E-state index contributed by atoms with van der Waals surface area (Å²) in [5, 5.41) is 0. The van der Waals surface area contributed by atoms with Gasteiger partial charge in [0.25, 0.3) is 0 Å². The quantitative estimate of drug-likeness (QED) is 0.584. The van der Waals surface area contributed by atoms with Crippen molar-refractivity contribution in [3.8, 4) is 16.9 Å². The van der Waals surface area contributed by atoms with Crippen LogP contribution in [0.5, 0.6) is 5.75 Å². The SMILES string of the molecule is C=Nc1cc(-c2ccc(OC3CCN(C(=O)CC)CC3)cc2)c(C)cc1/C=C\C. The smallest absolute Gasteiger partial charge is 0.222 e. The van der Waals surface area contributed by atoms with E-state index in [1.807, 2.05) is 37.0 Å². The zero-order chi connectivity index (χ0) is 20.8. The Bertz CT molecular complexity index is 892. The average molecular weight is 391 g/mol. The third-order valence-corrected chi connectivity index (χ3v) is 5.46. The Labute approximate surface area is 173 Å². The number of allylic oxidation sites excluding steroid dienone is 1. The van der Waals surface area contributed by atoms with E-state index in [1.165, 1.54) is 5.56 Å². The summed E-state index contributed by atoms with van der Waals surface area (Å²) in [6, 6.07) is 12.5. The standard InChI is InChI=1S/C25H30N2O2/c1-5-7-20-16-18(3)23(17-24(20)26-4)19-8-10-21(11-9-19)29-22-12-14-27(15-13-22)25(28)6-2/h5,7-11,16-17,22H,4,6,12-15H2,1-3H3/b7-5-. The molecule has 0 unspecified atom stereocenters. The lowest BCUT2D eigenvalue weighted by atomic mass is 9.96. The van der Waals surface area contributed by atoms with E-state index in [4.69, 9.17) is 4.74 Å². The molecule has 0 saturated carbocycles. The molecule has 4 nitrogen and oxygen atoms in total. The number of hydrogen-bond acceptors (Lipinski definition) is 3. The number of rotatable bonds is 6. The monoisotopic (exact) mass is 390 g/mol. The van der Waals surface area contributed by atoms with Gasteiger partial charge in [-0.05, 0) is 61.5 Å². The van der Waals surface area contributed by atoms with Crippen molar-refractivity contribution in [2.75, 3.05) is 13.1 Å². The number of benzene rings is 2. The van der Waals surface area contributed by atoms with Gasteiger partial charge < -0.3 is 9.64 Å². The topological polar surface area (TPSA) is 41.9 Å². The first-order valence-electron chi connectivity index (χ1n) is 10.3. The summed E-state index contributed by atoms with van der Waals surface area (Å²) in [7, 11) is 0. The Morgan fingerprint density at radius 2 is 1.93 bits per heavy atom. The molecule has 2 aromatic rings. The summed E-state index contributed by atoms with van der Waals surface area (Å²) < 4.78 is 6.16. The van der Waals surface area contributed by atoms with Crippen molar-refractivity contribution in [1.29, 1.82) is 0 Å². The Morgan fingerprint density at radius 3 is 2.52 bits per heavy atom. The van der Waals surface area contributed by atoms with E-state index in [9.17, 15) is 4.79 Å². The second kappa shape index (κ2) is 9.55. The van der Waals surface area contributed by atoms with E-state index < -0.39 is 0 Å². The fourth-order valence-electron chi connectivity index (χ4n) is 3.83. The lowest BCUT2D eigenvalue weighted by Crippen LogP contribution is -2.41. The first-order valence-corrected chi connectivity index (χ1v) is 10.3. The number of aryl methyl sites for hydroxylation is 1. The first kappa shape index (κ1) is 20.8. The van der Waals surface area contributed by atoms with Gasteiger partial charge in [0.1, 0.15) is 11.9 Å². The summed E-state index contributed by atoms with van der Waals surface area (Å²) >= 11 is 0. The van der Waals surface area contributed by atoms with Crippen LogP contribution in [0, 0.1) is 6.92 Å². The normalized spacial score (nSPS) is 14.9. The van der Waals surface area contributed by atoms with Crippen LogP contribution in [0.2, 0.25) is 0 Å². The molecule has 1 aliphatic heterocycles. The molecule has 1 saturated heterocycles. The number of amides is 1. The van der Waals surface area contributed by atoms with Crippen LogP contribution in [0.1, 0.15) is 44.2 Å². The fraction of sp³-hybridized carbons (Fsp3) is 0.360. The van der Waals surface area contributed by atoms with Gasteiger partial charge in [0, 0.05) is 37.9 Å². The molecule has 29 heavy (non-hydrogen) atoms. The van der Waals surface area contributed by atoms with Gasteiger partial charge in [-0.3, -0.25) is 9.79 Å². The van der Waals surface area contributed by atoms with Gasteiger partial charge in [0.15, 0.2) is 0 Å². The molecular weight excluding hydrogens is 360 g/mol. The summed E-state index contributed by atoms with van der Waals surface area (Å²) in [5.41, 5.74) is 5.45. The van der Waals surface area contributed by atoms with Gasteiger partial charge in [-0.1, -0.05) is 31.2 Å². The number of nitrogens with zero attached hydrogens (tertiary/aromatic N) is 2. The number of aliphatic imine (C=N–C) groups is 1. The van der Waals surface area contributed by atoms with Crippen LogP contribution in [0.3, 0.4) is 0 Å². The number of likely N-dealkylation sites (tertiary alicyclic amines) is 1. The molecule has 152 valence electrons. The number of carbonyl (C=O) groups excluding carboxylic acids is 1. The minimum absolute atomic E-state index is 0.167. The summed E-state index contributed by atoms with van der Waals surface area (Å²) in [6.07, 6.45) is 6.57. The van der Waals surface area contributed by atoms with Crippen molar-refractivity contribution < 1.29 is 9.53 Å². The number of ether oxygens (including phenoxy) is 1. The number of hydrogen-bond donors (Lipinski definition) is 0. The molecule has 0 bridgehead atoms. The zero-order valence-corrected chi connectivity index (χ0v) is 17.6. The average Bonchev–Trinajstić information content (AvgIpc) is 2.75. The molecule has 0 aliphatic carbocycles. The molecule has 0 aromatic heterocycles. The maximum atomic E-state index is 11.8. The second-order valence-corrected chi connectivity index (χ2v) is 7.46. The second-order valence-electron chi connectivity index (χ2n) is 7.46. The van der Waals surface area contributed by atoms with E-state index in [0.717, 1.165) is 54.1 Å². The van der Waals surface area contributed by atoms with Crippen LogP contribution in [0.25, 0.3) is 17.2 Å². The molecule has 0 radical (unpaired) electrons. The summed E-state index contributed by atoms with van der Waals surface area (Å²) in [5.74, 6) is 1.11. The largest absolute Gasteiger partial charge is 0.490 e. The third kappa shape index (κ3) is 4.94. The molecule has 0 atom stereocenters. The molecule has 4 heteroatoms. The molecule has 1 heterocycles. The van der Waals surface area contributed by atoms with E-state index in [-0.39, 0.29) is 12.0 Å². The van der Waals surface area contributed by atoms with Crippen LogP contribution in [0.15, 0.2) is 47.5 Å². The van der Waals surface area contributed by atoms with Crippen molar-refractivity contribution in [2.45, 2.75) is 46.1 Å². The zero-order valence-electron chi connectivity index (χ0n) is 17.6. The minimum atomic E-state index is 0.167. The molecule has 3 rings (SSSR count). The Kier molecular flexibility index (Phi) is 6.86. The van der Waals surface area contributed by atoms with Gasteiger partial charge in [0.05, 0.1) is 5.69 Å². The molecule has 2 aromatic carbocycles. The Morgan fingerprint density at radius 1 is 1.24 bits per heavy atom. The van der Waals surface area contributed by atoms with Gasteiger partial charge in [0.2, 0.25) is 5.91 Å². The highest BCUT2D eigenvalue weighted by atomic mass is 16.5. The molecule has 1 amide bonds. The van der Waals surface area contributed by atoms with Crippen LogP contribution >= 0.6 is 0 Å². The molecule has 0 N–H and O–H groups in total. The summed E-state index contributed by atoms with van der Waals surface area (Å²) in [4.78, 5) is 17.9. The summed E-state index contributed by atoms with van der Waals surface area (Å²) in [6.45, 7) is 11.3. The van der Waals surface area contributed by atoms with E-state index >= 15 is 0 Å². The maximum absolute atomic E-state index is 11.8. The minimum Gasteiger partial charge on any atom is -0.490 e. The van der Waals surface area contributed by atoms with Crippen molar-refractivity contribution in [3.63, 3.8) is 0 Å². The van der Waals surface area contributed by atoms with Crippen LogP contribution in [-0.4, -0.2) is 36.7 Å². The van der Waals surface area contributed by atoms with E-state index in [0.29, 0.717) is 6.42 Å². The van der Waals surface area contributed by atoms with Crippen molar-refractivity contribution in [2.24, 2.45) is 4.99 Å². The predicted molar refractivity (Wildman–Crippen MR) is 121 cm³/mol. The van der Waals surface area contributed by atoms with Crippen molar-refractivity contribution in [1.82, 2.24) is 4.90 Å². The Hall–Kier alpha value is -2.88. The number of carbonyl (C=O) groups is 1. The highest BCUT2D eigenvalue weighted by molar-refractivity contribution is 5.77. The molecular formula is C25H30N2O2. The van der Waals surface area contributed by atoms with Crippen LogP contribution in [-0.2, 0) is 4.79 Å². The van der Waals surface area contributed by atoms with Crippen molar-refractivity contribution >= 4 is 24.4 Å². The molecule has 0 spiro atoms. The molecule has 1 fully saturated rings. The van der Waals surface area contributed by atoms with E-state index in [1.54, 1.807) is 0 Å². The lowest BCUT2D eigenvalue weighted by molar-refractivity contribution is -0.132. The predicted octanol–water partition coefficient (Wildman–Crippen LogP) is 5.81. The first-order chi connectivity index (χ1) is 14.0. The third-order valence-electron chi connectivity index (χ3n) is 5.46. The van der Waals surface area contributed by atoms with Gasteiger partial charge in [-0.25, -0.2) is 0 Å². The van der Waals surface area contributed by atoms with Crippen molar-refractivity contribution in [3.05, 3.63) is 53.6 Å².